The molecule has 0 aliphatic carbocycles. The van der Waals surface area contributed by atoms with Crippen LogP contribution in [0.15, 0.2) is 59.5 Å². The van der Waals surface area contributed by atoms with Crippen LogP contribution in [0.3, 0.4) is 0 Å². The minimum absolute atomic E-state index is 0.114. The topological polar surface area (TPSA) is 67.9 Å². The van der Waals surface area contributed by atoms with Gasteiger partial charge in [-0.2, -0.15) is 0 Å². The van der Waals surface area contributed by atoms with E-state index in [-0.39, 0.29) is 17.5 Å². The summed E-state index contributed by atoms with van der Waals surface area (Å²) in [6.45, 7) is 6.88. The number of methoxy groups -OCH3 is 1. The van der Waals surface area contributed by atoms with E-state index in [1.165, 1.54) is 7.11 Å². The van der Waals surface area contributed by atoms with E-state index in [2.05, 4.69) is 33.9 Å². The Morgan fingerprint density at radius 3 is 2.47 bits per heavy atom. The molecule has 1 unspecified atom stereocenters. The molecule has 0 spiro atoms. The molecule has 1 N–H and O–H groups in total. The molecule has 1 saturated heterocycles. The zero-order valence-corrected chi connectivity index (χ0v) is 19.6. The zero-order valence-electron chi connectivity index (χ0n) is 18.8. The second-order valence-corrected chi connectivity index (χ2v) is 9.91. The number of morpholine rings is 1. The summed E-state index contributed by atoms with van der Waals surface area (Å²) in [6, 6.07) is 17.8. The molecule has 6 nitrogen and oxygen atoms in total. The van der Waals surface area contributed by atoms with E-state index < -0.39 is 10.0 Å². The van der Waals surface area contributed by atoms with Gasteiger partial charge in [0.1, 0.15) is 10.6 Å². The fourth-order valence-corrected chi connectivity index (χ4v) is 5.54. The van der Waals surface area contributed by atoms with E-state index in [1.54, 1.807) is 12.1 Å². The normalized spacial score (nSPS) is 16.2. The molecule has 0 saturated carbocycles. The lowest BCUT2D eigenvalue weighted by molar-refractivity contribution is 0.0175. The van der Waals surface area contributed by atoms with Crippen molar-refractivity contribution < 1.29 is 17.9 Å². The van der Waals surface area contributed by atoms with Crippen molar-refractivity contribution in [2.75, 3.05) is 40.0 Å². The van der Waals surface area contributed by atoms with E-state index in [0.29, 0.717) is 19.0 Å². The van der Waals surface area contributed by atoms with Gasteiger partial charge in [0.05, 0.1) is 20.3 Å². The minimum Gasteiger partial charge on any atom is -0.495 e. The maximum atomic E-state index is 13.3. The largest absolute Gasteiger partial charge is 0.495 e. The first-order chi connectivity index (χ1) is 15.4. The number of rotatable bonds is 7. The highest BCUT2D eigenvalue weighted by Crippen LogP contribution is 2.31. The van der Waals surface area contributed by atoms with Crippen molar-refractivity contribution in [3.8, 4) is 5.75 Å². The van der Waals surface area contributed by atoms with E-state index in [1.807, 2.05) is 32.0 Å². The van der Waals surface area contributed by atoms with Crippen molar-refractivity contribution in [1.82, 2.24) is 9.62 Å². The van der Waals surface area contributed by atoms with Crippen molar-refractivity contribution in [2.24, 2.45) is 0 Å². The molecule has 1 aliphatic heterocycles. The van der Waals surface area contributed by atoms with Gasteiger partial charge >= 0.3 is 0 Å². The number of benzene rings is 3. The lowest BCUT2D eigenvalue weighted by Crippen LogP contribution is -2.43. The average molecular weight is 455 g/mol. The lowest BCUT2D eigenvalue weighted by atomic mass is 9.97. The van der Waals surface area contributed by atoms with E-state index in [0.717, 1.165) is 40.6 Å². The summed E-state index contributed by atoms with van der Waals surface area (Å²) in [6.07, 6.45) is 0. The molecule has 3 aromatic carbocycles. The fourth-order valence-electron chi connectivity index (χ4n) is 4.27. The van der Waals surface area contributed by atoms with Gasteiger partial charge in [-0.25, -0.2) is 13.1 Å². The quantitative estimate of drug-likeness (QED) is 0.588. The first kappa shape index (κ1) is 22.7. The van der Waals surface area contributed by atoms with Crippen molar-refractivity contribution in [3.63, 3.8) is 0 Å². The van der Waals surface area contributed by atoms with Crippen LogP contribution in [-0.4, -0.2) is 53.3 Å². The Balaban J connectivity index is 1.69. The number of sulfonamides is 1. The van der Waals surface area contributed by atoms with Crippen LogP contribution in [0.2, 0.25) is 0 Å². The summed E-state index contributed by atoms with van der Waals surface area (Å²) in [5.74, 6) is 0.355. The molecule has 0 bridgehead atoms. The molecule has 3 aromatic rings. The van der Waals surface area contributed by atoms with Crippen LogP contribution < -0.4 is 9.46 Å². The van der Waals surface area contributed by atoms with Crippen LogP contribution in [0.25, 0.3) is 10.8 Å². The summed E-state index contributed by atoms with van der Waals surface area (Å²) in [5, 5.41) is 2.27. The Kier molecular flexibility index (Phi) is 6.81. The molecule has 1 aliphatic rings. The minimum atomic E-state index is -3.77. The van der Waals surface area contributed by atoms with Crippen LogP contribution in [0, 0.1) is 13.8 Å². The second kappa shape index (κ2) is 9.58. The maximum Gasteiger partial charge on any atom is 0.244 e. The maximum absolute atomic E-state index is 13.3. The van der Waals surface area contributed by atoms with Crippen molar-refractivity contribution in [2.45, 2.75) is 24.8 Å². The Hall–Kier alpha value is -2.45. The van der Waals surface area contributed by atoms with Crippen molar-refractivity contribution in [1.29, 1.82) is 0 Å². The van der Waals surface area contributed by atoms with Gasteiger partial charge in [0.15, 0.2) is 0 Å². The number of nitrogens with one attached hydrogen (secondary N) is 1. The van der Waals surface area contributed by atoms with Crippen LogP contribution >= 0.6 is 0 Å². The average Bonchev–Trinajstić information content (AvgIpc) is 2.81. The summed E-state index contributed by atoms with van der Waals surface area (Å²) in [5.41, 5.74) is 3.01. The van der Waals surface area contributed by atoms with Gasteiger partial charge in [0.25, 0.3) is 0 Å². The standard InChI is InChI=1S/C25H30N2O4S/c1-18-15-24(30-3)25(16-19(18)2)32(28,29)26-17-23(27-11-13-31-14-12-27)22-10-6-8-20-7-4-5-9-21(20)22/h4-10,15-16,23,26H,11-14,17H2,1-3H3. The number of aryl methyl sites for hydroxylation is 2. The Morgan fingerprint density at radius 1 is 1.03 bits per heavy atom. The monoisotopic (exact) mass is 454 g/mol. The summed E-state index contributed by atoms with van der Waals surface area (Å²) >= 11 is 0. The Labute approximate surface area is 190 Å². The molecule has 1 atom stereocenters. The predicted octanol–water partition coefficient (Wildman–Crippen LogP) is 3.82. The summed E-state index contributed by atoms with van der Waals surface area (Å²) < 4.78 is 40.4. The highest BCUT2D eigenvalue weighted by atomic mass is 32.2. The number of hydrogen-bond acceptors (Lipinski definition) is 5. The van der Waals surface area contributed by atoms with E-state index in [4.69, 9.17) is 9.47 Å². The molecular formula is C25H30N2O4S. The number of nitrogens with zero attached hydrogens (tertiary/aromatic N) is 1. The highest BCUT2D eigenvalue weighted by Gasteiger charge is 2.27. The molecule has 1 fully saturated rings. The molecule has 32 heavy (non-hydrogen) atoms. The Bertz CT molecular complexity index is 1200. The molecule has 1 heterocycles. The van der Waals surface area contributed by atoms with Crippen molar-refractivity contribution in [3.05, 3.63) is 71.3 Å². The van der Waals surface area contributed by atoms with Crippen LogP contribution in [0.5, 0.6) is 5.75 Å². The van der Waals surface area contributed by atoms with Crippen LogP contribution in [0.4, 0.5) is 0 Å². The van der Waals surface area contributed by atoms with Crippen LogP contribution in [-0.2, 0) is 14.8 Å². The van der Waals surface area contributed by atoms with Gasteiger partial charge in [-0.15, -0.1) is 0 Å². The molecule has 7 heteroatoms. The SMILES string of the molecule is COc1cc(C)c(C)cc1S(=O)(=O)NCC(c1cccc2ccccc12)N1CCOCC1. The number of fused-ring (bicyclic) bond motifs is 1. The predicted molar refractivity (Wildman–Crippen MR) is 127 cm³/mol. The summed E-state index contributed by atoms with van der Waals surface area (Å²) in [7, 11) is -2.27. The van der Waals surface area contributed by atoms with Gasteiger partial charge in [0, 0.05) is 25.7 Å². The van der Waals surface area contributed by atoms with Crippen LogP contribution in [0.1, 0.15) is 22.7 Å². The zero-order chi connectivity index (χ0) is 22.7. The number of hydrogen-bond donors (Lipinski definition) is 1. The molecule has 4 rings (SSSR count). The molecule has 0 amide bonds. The molecule has 170 valence electrons. The van der Waals surface area contributed by atoms with Crippen molar-refractivity contribution >= 4 is 20.8 Å². The van der Waals surface area contributed by atoms with Gasteiger partial charge in [0.2, 0.25) is 10.0 Å². The first-order valence-corrected chi connectivity index (χ1v) is 12.3. The Morgan fingerprint density at radius 2 is 1.72 bits per heavy atom. The second-order valence-electron chi connectivity index (χ2n) is 8.17. The summed E-state index contributed by atoms with van der Waals surface area (Å²) in [4.78, 5) is 2.47. The third-order valence-corrected chi connectivity index (χ3v) is 7.65. The van der Waals surface area contributed by atoms with E-state index in [9.17, 15) is 8.42 Å². The smallest absolute Gasteiger partial charge is 0.244 e. The highest BCUT2D eigenvalue weighted by molar-refractivity contribution is 7.89. The molecular weight excluding hydrogens is 424 g/mol. The van der Waals surface area contributed by atoms with E-state index >= 15 is 0 Å². The van der Waals surface area contributed by atoms with Gasteiger partial charge in [-0.3, -0.25) is 4.90 Å². The van der Waals surface area contributed by atoms with Gasteiger partial charge < -0.3 is 9.47 Å². The van der Waals surface area contributed by atoms with Gasteiger partial charge in [-0.05, 0) is 53.4 Å². The lowest BCUT2D eigenvalue weighted by Gasteiger charge is -2.35. The third kappa shape index (κ3) is 4.66. The molecule has 0 radical (unpaired) electrons. The molecule has 0 aromatic heterocycles. The fraction of sp³-hybridized carbons (Fsp3) is 0.360. The first-order valence-electron chi connectivity index (χ1n) is 10.8. The number of ether oxygens (including phenoxy) is 2. The van der Waals surface area contributed by atoms with Gasteiger partial charge in [-0.1, -0.05) is 42.5 Å². The third-order valence-electron chi connectivity index (χ3n) is 6.21.